The van der Waals surface area contributed by atoms with Crippen LogP contribution in [0.25, 0.3) is 16.7 Å². The van der Waals surface area contributed by atoms with Crippen LogP contribution in [0.1, 0.15) is 43.2 Å². The number of allylic oxidation sites excluding steroid dienone is 5. The fourth-order valence-corrected chi connectivity index (χ4v) is 3.43. The Balaban J connectivity index is 2.15. The molecule has 0 N–H and O–H groups in total. The Kier molecular flexibility index (Phi) is 4.92. The lowest BCUT2D eigenvalue weighted by molar-refractivity contribution is 0.878. The molecule has 2 aromatic carbocycles. The molecule has 1 aliphatic carbocycles. The standard InChI is InChI=1S/C23H24/c1-3-5-6-7-13-19-18(12-4-2)20-14-8-9-16-22(20)23-17-11-10-15-21(19)23/h4,6-11,13-18H,2-3,5,12H2,1H3/b7-6+,19-13-. The maximum absolute atomic E-state index is 3.98. The summed E-state index contributed by atoms with van der Waals surface area (Å²) in [6.45, 7) is 6.20. The summed E-state index contributed by atoms with van der Waals surface area (Å²) in [5.74, 6) is 0.393. The zero-order chi connectivity index (χ0) is 16.1. The number of hydrogen-bond acceptors (Lipinski definition) is 0. The van der Waals surface area contributed by atoms with Crippen LogP contribution in [-0.4, -0.2) is 0 Å². The lowest BCUT2D eigenvalue weighted by Crippen LogP contribution is -2.10. The lowest BCUT2D eigenvalue weighted by Gasteiger charge is -2.30. The predicted molar refractivity (Wildman–Crippen MR) is 101 cm³/mol. The summed E-state index contributed by atoms with van der Waals surface area (Å²) in [5, 5.41) is 0. The fourth-order valence-electron chi connectivity index (χ4n) is 3.43. The van der Waals surface area contributed by atoms with E-state index in [9.17, 15) is 0 Å². The number of unbranched alkanes of at least 4 members (excludes halogenated alkanes) is 1. The van der Waals surface area contributed by atoms with Crippen molar-refractivity contribution >= 4 is 5.57 Å². The second-order valence-corrected chi connectivity index (χ2v) is 6.05. The first-order valence-electron chi connectivity index (χ1n) is 8.53. The zero-order valence-electron chi connectivity index (χ0n) is 13.8. The molecule has 3 rings (SSSR count). The molecule has 0 nitrogen and oxygen atoms in total. The van der Waals surface area contributed by atoms with Gasteiger partial charge < -0.3 is 0 Å². The third-order valence-electron chi connectivity index (χ3n) is 4.51. The number of rotatable bonds is 5. The van der Waals surface area contributed by atoms with Crippen molar-refractivity contribution in [3.8, 4) is 11.1 Å². The van der Waals surface area contributed by atoms with E-state index >= 15 is 0 Å². The molecule has 1 unspecified atom stereocenters. The molecule has 1 atom stereocenters. The summed E-state index contributed by atoms with van der Waals surface area (Å²) in [6.07, 6.45) is 12.1. The molecule has 1 aliphatic rings. The van der Waals surface area contributed by atoms with Gasteiger partial charge in [-0.2, -0.15) is 0 Å². The second kappa shape index (κ2) is 7.28. The van der Waals surface area contributed by atoms with E-state index in [0.29, 0.717) is 5.92 Å². The number of benzene rings is 2. The molecule has 0 radical (unpaired) electrons. The predicted octanol–water partition coefficient (Wildman–Crippen LogP) is 6.77. The highest BCUT2D eigenvalue weighted by molar-refractivity contribution is 5.91. The van der Waals surface area contributed by atoms with E-state index in [4.69, 9.17) is 0 Å². The van der Waals surface area contributed by atoms with Gasteiger partial charge in [0.25, 0.3) is 0 Å². The largest absolute Gasteiger partial charge is 0.103 e. The van der Waals surface area contributed by atoms with Crippen LogP contribution in [0.3, 0.4) is 0 Å². The minimum atomic E-state index is 0.393. The van der Waals surface area contributed by atoms with Crippen LogP contribution in [-0.2, 0) is 0 Å². The average Bonchev–Trinajstić information content (AvgIpc) is 2.60. The zero-order valence-corrected chi connectivity index (χ0v) is 13.8. The third kappa shape index (κ3) is 3.07. The minimum Gasteiger partial charge on any atom is -0.103 e. The van der Waals surface area contributed by atoms with E-state index in [1.807, 2.05) is 6.08 Å². The normalized spacial score (nSPS) is 18.0. The van der Waals surface area contributed by atoms with E-state index in [2.05, 4.69) is 80.3 Å². The monoisotopic (exact) mass is 300 g/mol. The van der Waals surface area contributed by atoms with Gasteiger partial charge >= 0.3 is 0 Å². The highest BCUT2D eigenvalue weighted by Crippen LogP contribution is 2.47. The van der Waals surface area contributed by atoms with Crippen molar-refractivity contribution in [1.29, 1.82) is 0 Å². The molecule has 0 fully saturated rings. The highest BCUT2D eigenvalue weighted by atomic mass is 14.3. The van der Waals surface area contributed by atoms with Crippen molar-refractivity contribution in [2.24, 2.45) is 0 Å². The van der Waals surface area contributed by atoms with Crippen molar-refractivity contribution in [1.82, 2.24) is 0 Å². The Bertz CT molecular complexity index is 746. The summed E-state index contributed by atoms with van der Waals surface area (Å²) in [4.78, 5) is 0. The van der Waals surface area contributed by atoms with E-state index in [1.165, 1.54) is 34.2 Å². The molecule has 0 aromatic heterocycles. The van der Waals surface area contributed by atoms with Gasteiger partial charge in [-0.1, -0.05) is 86.2 Å². The van der Waals surface area contributed by atoms with Gasteiger partial charge in [0, 0.05) is 5.92 Å². The topological polar surface area (TPSA) is 0 Å². The van der Waals surface area contributed by atoms with Crippen LogP contribution in [0.4, 0.5) is 0 Å². The Hall–Kier alpha value is -2.34. The van der Waals surface area contributed by atoms with Crippen molar-refractivity contribution < 1.29 is 0 Å². The first-order chi connectivity index (χ1) is 11.4. The molecule has 0 amide bonds. The molecule has 0 heterocycles. The molecule has 0 saturated carbocycles. The lowest BCUT2D eigenvalue weighted by atomic mass is 9.74. The van der Waals surface area contributed by atoms with E-state index in [0.717, 1.165) is 12.8 Å². The van der Waals surface area contributed by atoms with Gasteiger partial charge in [-0.25, -0.2) is 0 Å². The summed E-state index contributed by atoms with van der Waals surface area (Å²) >= 11 is 0. The van der Waals surface area contributed by atoms with Gasteiger partial charge in [-0.3, -0.25) is 0 Å². The van der Waals surface area contributed by atoms with E-state index < -0.39 is 0 Å². The van der Waals surface area contributed by atoms with Crippen molar-refractivity contribution in [2.75, 3.05) is 0 Å². The van der Waals surface area contributed by atoms with Gasteiger partial charge in [-0.05, 0) is 40.7 Å². The Labute approximate surface area is 139 Å². The van der Waals surface area contributed by atoms with Crippen LogP contribution in [0.15, 0.2) is 79.4 Å². The summed E-state index contributed by atoms with van der Waals surface area (Å²) < 4.78 is 0. The first-order valence-corrected chi connectivity index (χ1v) is 8.53. The van der Waals surface area contributed by atoms with Gasteiger partial charge in [0.05, 0.1) is 0 Å². The molecule has 0 aliphatic heterocycles. The molecule has 0 heteroatoms. The molecule has 0 spiro atoms. The molecule has 2 aromatic rings. The smallest absolute Gasteiger partial charge is 0.0136 e. The molecule has 23 heavy (non-hydrogen) atoms. The molecule has 116 valence electrons. The first kappa shape index (κ1) is 15.6. The van der Waals surface area contributed by atoms with Crippen LogP contribution in [0.2, 0.25) is 0 Å². The Morgan fingerprint density at radius 2 is 1.65 bits per heavy atom. The van der Waals surface area contributed by atoms with Crippen molar-refractivity contribution in [3.05, 3.63) is 90.5 Å². The average molecular weight is 300 g/mol. The van der Waals surface area contributed by atoms with Crippen LogP contribution in [0.5, 0.6) is 0 Å². The second-order valence-electron chi connectivity index (χ2n) is 6.05. The molecular weight excluding hydrogens is 276 g/mol. The van der Waals surface area contributed by atoms with Gasteiger partial charge in [0.2, 0.25) is 0 Å². The van der Waals surface area contributed by atoms with Crippen molar-refractivity contribution in [3.63, 3.8) is 0 Å². The van der Waals surface area contributed by atoms with Gasteiger partial charge in [0.1, 0.15) is 0 Å². The maximum Gasteiger partial charge on any atom is 0.0136 e. The van der Waals surface area contributed by atoms with Crippen LogP contribution in [0, 0.1) is 0 Å². The molecule has 0 saturated heterocycles. The molecular formula is C23H24. The van der Waals surface area contributed by atoms with E-state index in [1.54, 1.807) is 0 Å². The maximum atomic E-state index is 3.98. The minimum absolute atomic E-state index is 0.393. The highest BCUT2D eigenvalue weighted by Gasteiger charge is 2.27. The van der Waals surface area contributed by atoms with Crippen molar-refractivity contribution in [2.45, 2.75) is 32.1 Å². The quantitative estimate of drug-likeness (QED) is 0.535. The van der Waals surface area contributed by atoms with Gasteiger partial charge in [-0.15, -0.1) is 6.58 Å². The van der Waals surface area contributed by atoms with Crippen LogP contribution >= 0.6 is 0 Å². The summed E-state index contributed by atoms with van der Waals surface area (Å²) in [7, 11) is 0. The van der Waals surface area contributed by atoms with Crippen LogP contribution < -0.4 is 0 Å². The Morgan fingerprint density at radius 1 is 0.957 bits per heavy atom. The summed E-state index contributed by atoms with van der Waals surface area (Å²) in [6, 6.07) is 17.6. The van der Waals surface area contributed by atoms with Gasteiger partial charge in [0.15, 0.2) is 0 Å². The Morgan fingerprint density at radius 3 is 2.39 bits per heavy atom. The molecule has 0 bridgehead atoms. The SMILES string of the molecule is C=CCC1/C(=C/C=C/CCC)c2ccccc2-c2ccccc21. The fraction of sp³-hybridized carbons (Fsp3) is 0.217. The number of fused-ring (bicyclic) bond motifs is 3. The van der Waals surface area contributed by atoms with E-state index in [-0.39, 0.29) is 0 Å². The third-order valence-corrected chi connectivity index (χ3v) is 4.51. The summed E-state index contributed by atoms with van der Waals surface area (Å²) in [5.41, 5.74) is 6.90. The number of hydrogen-bond donors (Lipinski definition) is 0.